The van der Waals surface area contributed by atoms with Crippen LogP contribution < -0.4 is 0 Å². The lowest BCUT2D eigenvalue weighted by Gasteiger charge is -2.45. The van der Waals surface area contributed by atoms with Crippen LogP contribution in [0.5, 0.6) is 0 Å². The molecular formula is C17H12N2O5S2. The summed E-state index contributed by atoms with van der Waals surface area (Å²) in [7, 11) is -3.77. The van der Waals surface area contributed by atoms with Crippen LogP contribution in [0.25, 0.3) is 11.6 Å². The van der Waals surface area contributed by atoms with Gasteiger partial charge in [0.2, 0.25) is 0 Å². The van der Waals surface area contributed by atoms with Crippen LogP contribution in [0.3, 0.4) is 0 Å². The summed E-state index contributed by atoms with van der Waals surface area (Å²) in [5, 5.41) is 10.1. The first-order chi connectivity index (χ1) is 12.4. The largest absolute Gasteiger partial charge is 0.477 e. The van der Waals surface area contributed by atoms with Gasteiger partial charge in [0.25, 0.3) is 5.91 Å². The molecule has 26 heavy (non-hydrogen) atoms. The number of rotatable bonds is 3. The fourth-order valence-electron chi connectivity index (χ4n) is 3.11. The summed E-state index contributed by atoms with van der Waals surface area (Å²) in [6.07, 6.45) is 2.93. The van der Waals surface area contributed by atoms with E-state index in [0.29, 0.717) is 10.6 Å². The van der Waals surface area contributed by atoms with Gasteiger partial charge < -0.3 is 5.11 Å². The predicted octanol–water partition coefficient (Wildman–Crippen LogP) is 1.62. The van der Waals surface area contributed by atoms with Crippen molar-refractivity contribution in [3.05, 3.63) is 63.7 Å². The summed E-state index contributed by atoms with van der Waals surface area (Å²) >= 11 is 1.24. The van der Waals surface area contributed by atoms with Crippen molar-refractivity contribution in [2.45, 2.75) is 5.37 Å². The van der Waals surface area contributed by atoms with Crippen LogP contribution in [-0.4, -0.2) is 46.4 Å². The molecule has 1 atom stereocenters. The van der Waals surface area contributed by atoms with Crippen molar-refractivity contribution in [2.75, 3.05) is 5.75 Å². The van der Waals surface area contributed by atoms with Gasteiger partial charge in [-0.2, -0.15) is 0 Å². The van der Waals surface area contributed by atoms with E-state index in [1.807, 2.05) is 0 Å². The first-order valence-corrected chi connectivity index (χ1v) is 10.2. The number of β-lactam (4-membered cyclic amide) rings is 1. The predicted molar refractivity (Wildman–Crippen MR) is 95.5 cm³/mol. The van der Waals surface area contributed by atoms with Crippen LogP contribution in [-0.2, 0) is 19.4 Å². The number of aliphatic carboxylic acids is 1. The molecule has 0 spiro atoms. The van der Waals surface area contributed by atoms with E-state index in [-0.39, 0.29) is 16.8 Å². The zero-order valence-corrected chi connectivity index (χ0v) is 14.8. The molecule has 0 radical (unpaired) electrons. The van der Waals surface area contributed by atoms with Gasteiger partial charge >= 0.3 is 5.97 Å². The minimum atomic E-state index is -3.77. The van der Waals surface area contributed by atoms with E-state index in [4.69, 9.17) is 0 Å². The maximum Gasteiger partial charge on any atom is 0.353 e. The SMILES string of the molecule is O=C(O)C1=C(c2cccs2)CS(=O)(=O)[C@@H]2C(=Cc3ccccn3)C(=O)N12. The Morgan fingerprint density at radius 3 is 2.73 bits per heavy atom. The third-order valence-electron chi connectivity index (χ3n) is 4.19. The van der Waals surface area contributed by atoms with Crippen LogP contribution in [0.15, 0.2) is 53.2 Å². The van der Waals surface area contributed by atoms with Gasteiger partial charge in [-0.05, 0) is 29.7 Å². The van der Waals surface area contributed by atoms with Crippen LogP contribution in [0, 0.1) is 0 Å². The average molecular weight is 388 g/mol. The second kappa shape index (κ2) is 5.89. The lowest BCUT2D eigenvalue weighted by molar-refractivity contribution is -0.141. The van der Waals surface area contributed by atoms with E-state index in [2.05, 4.69) is 4.98 Å². The number of nitrogens with zero attached hydrogens (tertiary/aromatic N) is 2. The number of carbonyl (C=O) groups is 2. The molecule has 9 heteroatoms. The van der Waals surface area contributed by atoms with Gasteiger partial charge in [0, 0.05) is 16.6 Å². The molecule has 0 aliphatic carbocycles. The highest BCUT2D eigenvalue weighted by Crippen LogP contribution is 2.43. The Hall–Kier alpha value is -2.78. The molecule has 7 nitrogen and oxygen atoms in total. The molecule has 2 aliphatic rings. The normalized spacial score (nSPS) is 22.9. The van der Waals surface area contributed by atoms with Gasteiger partial charge in [0.1, 0.15) is 5.70 Å². The monoisotopic (exact) mass is 388 g/mol. The molecule has 132 valence electrons. The highest BCUT2D eigenvalue weighted by Gasteiger charge is 2.56. The third kappa shape index (κ3) is 2.47. The molecular weight excluding hydrogens is 376 g/mol. The van der Waals surface area contributed by atoms with Gasteiger partial charge in [0.15, 0.2) is 15.2 Å². The van der Waals surface area contributed by atoms with Gasteiger partial charge in [-0.25, -0.2) is 13.2 Å². The first-order valence-electron chi connectivity index (χ1n) is 7.58. The minimum Gasteiger partial charge on any atom is -0.477 e. The lowest BCUT2D eigenvalue weighted by Crippen LogP contribution is -2.61. The number of fused-ring (bicyclic) bond motifs is 1. The number of carboxylic acids is 1. The second-order valence-electron chi connectivity index (χ2n) is 5.80. The molecule has 2 aromatic rings. The fraction of sp³-hybridized carbons (Fsp3) is 0.118. The summed E-state index contributed by atoms with van der Waals surface area (Å²) in [4.78, 5) is 29.8. The van der Waals surface area contributed by atoms with E-state index in [9.17, 15) is 23.1 Å². The number of carboxylic acid groups (broad SMARTS) is 1. The number of thiophene rings is 1. The Balaban J connectivity index is 1.86. The van der Waals surface area contributed by atoms with Gasteiger partial charge in [-0.3, -0.25) is 14.7 Å². The van der Waals surface area contributed by atoms with Gasteiger partial charge in [-0.1, -0.05) is 12.1 Å². The van der Waals surface area contributed by atoms with Crippen LogP contribution >= 0.6 is 11.3 Å². The van der Waals surface area contributed by atoms with Crippen molar-refractivity contribution in [1.29, 1.82) is 0 Å². The van der Waals surface area contributed by atoms with E-state index >= 15 is 0 Å². The third-order valence-corrected chi connectivity index (χ3v) is 6.96. The Bertz CT molecular complexity index is 1070. The Labute approximate surface area is 152 Å². The summed E-state index contributed by atoms with van der Waals surface area (Å²) in [5.41, 5.74) is 0.354. The molecule has 1 N–H and O–H groups in total. The summed E-state index contributed by atoms with van der Waals surface area (Å²) in [6.45, 7) is 0. The highest BCUT2D eigenvalue weighted by molar-refractivity contribution is 7.92. The van der Waals surface area contributed by atoms with Crippen molar-refractivity contribution >= 4 is 44.7 Å². The van der Waals surface area contributed by atoms with Gasteiger partial charge in [-0.15, -0.1) is 11.3 Å². The highest BCUT2D eigenvalue weighted by atomic mass is 32.2. The molecule has 2 aliphatic heterocycles. The molecule has 2 aromatic heterocycles. The van der Waals surface area contributed by atoms with Crippen molar-refractivity contribution in [1.82, 2.24) is 9.88 Å². The maximum atomic E-state index is 12.8. The zero-order valence-electron chi connectivity index (χ0n) is 13.2. The summed E-state index contributed by atoms with van der Waals surface area (Å²) < 4.78 is 25.6. The lowest BCUT2D eigenvalue weighted by atomic mass is 10.0. The smallest absolute Gasteiger partial charge is 0.353 e. The Morgan fingerprint density at radius 1 is 1.31 bits per heavy atom. The molecule has 4 heterocycles. The number of amides is 1. The van der Waals surface area contributed by atoms with Crippen molar-refractivity contribution in [3.8, 4) is 0 Å². The van der Waals surface area contributed by atoms with E-state index < -0.39 is 32.8 Å². The molecule has 4 rings (SSSR count). The fourth-order valence-corrected chi connectivity index (χ4v) is 5.91. The maximum absolute atomic E-state index is 12.8. The van der Waals surface area contributed by atoms with E-state index in [0.717, 1.165) is 4.90 Å². The number of pyridine rings is 1. The minimum absolute atomic E-state index is 0.0349. The first kappa shape index (κ1) is 16.7. The van der Waals surface area contributed by atoms with Crippen LogP contribution in [0.4, 0.5) is 0 Å². The van der Waals surface area contributed by atoms with Crippen molar-refractivity contribution < 1.29 is 23.1 Å². The quantitative estimate of drug-likeness (QED) is 0.633. The Kier molecular flexibility index (Phi) is 3.78. The topological polar surface area (TPSA) is 105 Å². The summed E-state index contributed by atoms with van der Waals surface area (Å²) in [6, 6.07) is 8.41. The number of hydrogen-bond donors (Lipinski definition) is 1. The second-order valence-corrected chi connectivity index (χ2v) is 8.81. The molecule has 0 aromatic carbocycles. The Morgan fingerprint density at radius 2 is 2.12 bits per heavy atom. The molecule has 1 amide bonds. The van der Waals surface area contributed by atoms with Crippen LogP contribution in [0.2, 0.25) is 0 Å². The standard InChI is InChI=1S/C17H12N2O5S2/c20-15-11(8-10-4-1-2-6-18-10)16-19(15)14(17(21)22)12(9-26(16,23)24)13-5-3-7-25-13/h1-8,16H,9H2,(H,21,22)/t16-/m1/s1. The molecule has 0 bridgehead atoms. The van der Waals surface area contributed by atoms with E-state index in [1.54, 1.807) is 35.7 Å². The number of aromatic nitrogens is 1. The molecule has 0 saturated carbocycles. The van der Waals surface area contributed by atoms with E-state index in [1.165, 1.54) is 23.6 Å². The molecule has 1 fully saturated rings. The average Bonchev–Trinajstić information content (AvgIpc) is 3.13. The number of hydrogen-bond acceptors (Lipinski definition) is 6. The van der Waals surface area contributed by atoms with Crippen molar-refractivity contribution in [2.24, 2.45) is 0 Å². The number of carbonyl (C=O) groups excluding carboxylic acids is 1. The molecule has 1 saturated heterocycles. The number of sulfone groups is 1. The van der Waals surface area contributed by atoms with Crippen LogP contribution in [0.1, 0.15) is 10.6 Å². The van der Waals surface area contributed by atoms with Gasteiger partial charge in [0.05, 0.1) is 17.0 Å². The molecule has 0 unspecified atom stereocenters. The summed E-state index contributed by atoms with van der Waals surface area (Å²) in [5.74, 6) is -2.38. The van der Waals surface area contributed by atoms with Crippen molar-refractivity contribution in [3.63, 3.8) is 0 Å². The zero-order chi connectivity index (χ0) is 18.5.